The van der Waals surface area contributed by atoms with Crippen LogP contribution in [0.15, 0.2) is 36.4 Å². The fourth-order valence-corrected chi connectivity index (χ4v) is 3.01. The van der Waals surface area contributed by atoms with Gasteiger partial charge in [0.25, 0.3) is 0 Å². The van der Waals surface area contributed by atoms with Crippen molar-refractivity contribution in [2.45, 2.75) is 24.9 Å². The second kappa shape index (κ2) is 3.21. The van der Waals surface area contributed by atoms with E-state index in [1.165, 1.54) is 24.8 Å². The first-order chi connectivity index (χ1) is 7.31. The number of benzene rings is 1. The lowest BCUT2D eigenvalue weighted by molar-refractivity contribution is 0.157. The van der Waals surface area contributed by atoms with Crippen LogP contribution < -0.4 is 0 Å². The summed E-state index contributed by atoms with van der Waals surface area (Å²) in [5, 5.41) is 10.3. The minimum absolute atomic E-state index is 0.464. The Bertz CT molecular complexity index is 370. The maximum absolute atomic E-state index is 10.3. The van der Waals surface area contributed by atoms with Gasteiger partial charge >= 0.3 is 0 Å². The summed E-state index contributed by atoms with van der Waals surface area (Å²) in [6, 6.07) is 10.2. The van der Waals surface area contributed by atoms with Crippen molar-refractivity contribution < 1.29 is 5.11 Å². The van der Waals surface area contributed by atoms with Gasteiger partial charge < -0.3 is 5.11 Å². The standard InChI is InChI=1S/C14H16O/c15-14(12-7-4-8-13(12)14)10-9-11-5-2-1-3-6-11/h1-3,5-6,9-10,12-13,15H,4,7-8H2/b10-9+/t12-,13+,14?. The molecule has 1 unspecified atom stereocenters. The lowest BCUT2D eigenvalue weighted by atomic mass is 10.1. The third-order valence-corrected chi connectivity index (χ3v) is 3.94. The average molecular weight is 200 g/mol. The van der Waals surface area contributed by atoms with Gasteiger partial charge in [-0.2, -0.15) is 0 Å². The number of fused-ring (bicyclic) bond motifs is 1. The van der Waals surface area contributed by atoms with Crippen LogP contribution in [-0.4, -0.2) is 10.7 Å². The molecule has 2 fully saturated rings. The molecule has 0 aromatic heterocycles. The first kappa shape index (κ1) is 9.17. The maximum Gasteiger partial charge on any atom is 0.0894 e. The molecular weight excluding hydrogens is 184 g/mol. The van der Waals surface area contributed by atoms with Crippen molar-refractivity contribution in [2.75, 3.05) is 0 Å². The molecule has 1 N–H and O–H groups in total. The average Bonchev–Trinajstić information content (AvgIpc) is 2.71. The Balaban J connectivity index is 1.74. The summed E-state index contributed by atoms with van der Waals surface area (Å²) in [5.41, 5.74) is 0.713. The lowest BCUT2D eigenvalue weighted by Gasteiger charge is -2.07. The molecule has 1 aromatic carbocycles. The van der Waals surface area contributed by atoms with E-state index in [1.807, 2.05) is 24.3 Å². The van der Waals surface area contributed by atoms with Crippen molar-refractivity contribution in [3.63, 3.8) is 0 Å². The van der Waals surface area contributed by atoms with E-state index in [2.05, 4.69) is 18.2 Å². The van der Waals surface area contributed by atoms with E-state index in [0.29, 0.717) is 11.8 Å². The number of rotatable bonds is 2. The lowest BCUT2D eigenvalue weighted by Crippen LogP contribution is -2.11. The second-order valence-electron chi connectivity index (χ2n) is 4.78. The molecule has 0 heterocycles. The number of hydrogen-bond donors (Lipinski definition) is 1. The predicted octanol–water partition coefficient (Wildman–Crippen LogP) is 2.86. The first-order valence-electron chi connectivity index (χ1n) is 5.77. The van der Waals surface area contributed by atoms with E-state index < -0.39 is 5.60 Å². The Labute approximate surface area is 90.4 Å². The topological polar surface area (TPSA) is 20.2 Å². The first-order valence-corrected chi connectivity index (χ1v) is 5.77. The molecule has 0 bridgehead atoms. The molecule has 0 aliphatic heterocycles. The third kappa shape index (κ3) is 1.42. The molecule has 1 aromatic rings. The van der Waals surface area contributed by atoms with Crippen molar-refractivity contribution in [3.05, 3.63) is 42.0 Å². The van der Waals surface area contributed by atoms with Crippen LogP contribution in [0.1, 0.15) is 24.8 Å². The van der Waals surface area contributed by atoms with Crippen LogP contribution >= 0.6 is 0 Å². The fourth-order valence-electron chi connectivity index (χ4n) is 3.01. The van der Waals surface area contributed by atoms with Gasteiger partial charge in [0.15, 0.2) is 0 Å². The zero-order valence-corrected chi connectivity index (χ0v) is 8.76. The smallest absolute Gasteiger partial charge is 0.0894 e. The summed E-state index contributed by atoms with van der Waals surface area (Å²) < 4.78 is 0. The van der Waals surface area contributed by atoms with Gasteiger partial charge in [0, 0.05) is 0 Å². The van der Waals surface area contributed by atoms with Crippen LogP contribution in [0.3, 0.4) is 0 Å². The zero-order valence-electron chi connectivity index (χ0n) is 8.76. The van der Waals surface area contributed by atoms with Crippen molar-refractivity contribution in [1.82, 2.24) is 0 Å². The van der Waals surface area contributed by atoms with Crippen LogP contribution in [0.25, 0.3) is 6.08 Å². The molecule has 1 nitrogen and oxygen atoms in total. The highest BCUT2D eigenvalue weighted by molar-refractivity contribution is 5.52. The zero-order chi connectivity index (χ0) is 10.3. The van der Waals surface area contributed by atoms with Crippen molar-refractivity contribution in [1.29, 1.82) is 0 Å². The van der Waals surface area contributed by atoms with E-state index in [9.17, 15) is 5.11 Å². The molecule has 15 heavy (non-hydrogen) atoms. The quantitative estimate of drug-likeness (QED) is 0.778. The van der Waals surface area contributed by atoms with E-state index in [4.69, 9.17) is 0 Å². The largest absolute Gasteiger partial charge is 0.385 e. The van der Waals surface area contributed by atoms with Gasteiger partial charge in [-0.15, -0.1) is 0 Å². The molecule has 3 atom stereocenters. The summed E-state index contributed by atoms with van der Waals surface area (Å²) >= 11 is 0. The van der Waals surface area contributed by atoms with E-state index in [0.717, 1.165) is 0 Å². The highest BCUT2D eigenvalue weighted by Crippen LogP contribution is 2.61. The van der Waals surface area contributed by atoms with Gasteiger partial charge in [0.05, 0.1) is 5.60 Å². The molecule has 0 amide bonds. The molecule has 78 valence electrons. The van der Waals surface area contributed by atoms with Crippen LogP contribution in [0, 0.1) is 11.8 Å². The van der Waals surface area contributed by atoms with Crippen molar-refractivity contribution >= 4 is 6.08 Å². The highest BCUT2D eigenvalue weighted by atomic mass is 16.3. The van der Waals surface area contributed by atoms with Gasteiger partial charge in [-0.05, 0) is 30.2 Å². The fraction of sp³-hybridized carbons (Fsp3) is 0.429. The van der Waals surface area contributed by atoms with Crippen molar-refractivity contribution in [3.8, 4) is 0 Å². The Morgan fingerprint density at radius 3 is 2.47 bits per heavy atom. The minimum Gasteiger partial charge on any atom is -0.385 e. The predicted molar refractivity (Wildman–Crippen MR) is 61.3 cm³/mol. The molecule has 3 rings (SSSR count). The van der Waals surface area contributed by atoms with Crippen LogP contribution in [0.5, 0.6) is 0 Å². The van der Waals surface area contributed by atoms with Gasteiger partial charge in [0.2, 0.25) is 0 Å². The maximum atomic E-state index is 10.3. The normalized spacial score (nSPS) is 38.2. The van der Waals surface area contributed by atoms with Crippen LogP contribution in [0.4, 0.5) is 0 Å². The van der Waals surface area contributed by atoms with Gasteiger partial charge in [-0.3, -0.25) is 0 Å². The highest BCUT2D eigenvalue weighted by Gasteiger charge is 2.63. The summed E-state index contributed by atoms with van der Waals surface area (Å²) in [7, 11) is 0. The summed E-state index contributed by atoms with van der Waals surface area (Å²) in [5.74, 6) is 1.11. The van der Waals surface area contributed by atoms with Gasteiger partial charge in [-0.25, -0.2) is 0 Å². The summed E-state index contributed by atoms with van der Waals surface area (Å²) in [6.45, 7) is 0. The van der Waals surface area contributed by atoms with Gasteiger partial charge in [-0.1, -0.05) is 48.9 Å². The molecule has 2 aliphatic carbocycles. The van der Waals surface area contributed by atoms with Gasteiger partial charge in [0.1, 0.15) is 0 Å². The molecule has 2 aliphatic rings. The van der Waals surface area contributed by atoms with Crippen molar-refractivity contribution in [2.24, 2.45) is 11.8 Å². The Hall–Kier alpha value is -1.08. The SMILES string of the molecule is OC1(/C=C/c2ccccc2)[C@@H]2CCC[C@@H]21. The number of aliphatic hydroxyl groups is 1. The van der Waals surface area contributed by atoms with E-state index in [1.54, 1.807) is 0 Å². The minimum atomic E-state index is -0.464. The Morgan fingerprint density at radius 2 is 1.80 bits per heavy atom. The van der Waals surface area contributed by atoms with Crippen LogP contribution in [-0.2, 0) is 0 Å². The monoisotopic (exact) mass is 200 g/mol. The molecule has 2 saturated carbocycles. The molecule has 0 radical (unpaired) electrons. The van der Waals surface area contributed by atoms with Crippen LogP contribution in [0.2, 0.25) is 0 Å². The molecule has 0 spiro atoms. The van der Waals surface area contributed by atoms with E-state index >= 15 is 0 Å². The molecule has 1 heteroatoms. The summed E-state index contributed by atoms with van der Waals surface area (Å²) in [6.07, 6.45) is 7.78. The van der Waals surface area contributed by atoms with E-state index in [-0.39, 0.29) is 0 Å². The molecular formula is C14H16O. The Morgan fingerprint density at radius 1 is 1.13 bits per heavy atom. The number of hydrogen-bond acceptors (Lipinski definition) is 1. The Kier molecular flexibility index (Phi) is 1.96. The third-order valence-electron chi connectivity index (χ3n) is 3.94. The molecule has 0 saturated heterocycles. The summed E-state index contributed by atoms with van der Waals surface area (Å²) in [4.78, 5) is 0. The second-order valence-corrected chi connectivity index (χ2v) is 4.78.